The Kier molecular flexibility index (Phi) is 5.94. The highest BCUT2D eigenvalue weighted by Gasteiger charge is 2.31. The van der Waals surface area contributed by atoms with Crippen LogP contribution in [0.4, 0.5) is 21.6 Å². The molecule has 1 aliphatic heterocycles. The summed E-state index contributed by atoms with van der Waals surface area (Å²) in [6.07, 6.45) is 1.27. The Morgan fingerprint density at radius 3 is 3.00 bits per heavy atom. The number of carboxylic acid groups (broad SMARTS) is 1. The number of likely N-dealkylation sites (tertiary alicyclic amines) is 1. The van der Waals surface area contributed by atoms with Crippen molar-refractivity contribution < 1.29 is 19.1 Å². The van der Waals surface area contributed by atoms with Gasteiger partial charge in [0.05, 0.1) is 24.5 Å². The van der Waals surface area contributed by atoms with E-state index in [1.54, 1.807) is 11.0 Å². The van der Waals surface area contributed by atoms with Gasteiger partial charge in [-0.1, -0.05) is 6.07 Å². The van der Waals surface area contributed by atoms with Gasteiger partial charge in [-0.25, -0.2) is 4.39 Å². The lowest BCUT2D eigenvalue weighted by molar-refractivity contribution is -0.142. The fourth-order valence-electron chi connectivity index (χ4n) is 2.99. The predicted octanol–water partition coefficient (Wildman–Crippen LogP) is 1.71. The maximum atomic E-state index is 13.2. The van der Waals surface area contributed by atoms with Gasteiger partial charge in [0, 0.05) is 6.07 Å². The molecule has 1 atom stereocenters. The van der Waals surface area contributed by atoms with Gasteiger partial charge in [0.15, 0.2) is 11.5 Å². The molecule has 1 aromatic carbocycles. The number of aliphatic carboxylic acids is 1. The maximum Gasteiger partial charge on any atom is 0.320 e. The molecule has 1 aliphatic rings. The van der Waals surface area contributed by atoms with Gasteiger partial charge in [-0.15, -0.1) is 5.11 Å². The molecule has 5 N–H and O–H groups in total. The Bertz CT molecular complexity index is 899. The molecule has 148 valence electrons. The fourth-order valence-corrected chi connectivity index (χ4v) is 2.99. The number of amides is 1. The summed E-state index contributed by atoms with van der Waals surface area (Å²) in [6, 6.07) is 4.97. The molecule has 10 nitrogen and oxygen atoms in total. The van der Waals surface area contributed by atoms with Crippen LogP contribution in [0.15, 0.2) is 34.5 Å². The quantitative estimate of drug-likeness (QED) is 0.530. The molecular formula is C17H20FN7O3. The number of nitrogen functional groups attached to an aromatic ring is 1. The Balaban J connectivity index is 1.61. The summed E-state index contributed by atoms with van der Waals surface area (Å²) in [4.78, 5) is 25.0. The molecular weight excluding hydrogens is 369 g/mol. The lowest BCUT2D eigenvalue weighted by Gasteiger charge is -2.20. The maximum absolute atomic E-state index is 13.2. The summed E-state index contributed by atoms with van der Waals surface area (Å²) < 4.78 is 13.2. The molecule has 0 saturated carbocycles. The first-order chi connectivity index (χ1) is 13.4. The van der Waals surface area contributed by atoms with Crippen molar-refractivity contribution >= 4 is 29.1 Å². The highest BCUT2D eigenvalue weighted by atomic mass is 19.1. The molecule has 2 heterocycles. The van der Waals surface area contributed by atoms with Crippen LogP contribution in [0.25, 0.3) is 0 Å². The molecule has 0 radical (unpaired) electrons. The van der Waals surface area contributed by atoms with E-state index in [1.807, 2.05) is 0 Å². The number of benzene rings is 1. The second kappa shape index (κ2) is 8.57. The Morgan fingerprint density at radius 1 is 1.43 bits per heavy atom. The molecule has 28 heavy (non-hydrogen) atoms. The molecule has 1 aromatic heterocycles. The van der Waals surface area contributed by atoms with Gasteiger partial charge in [-0.2, -0.15) is 10.2 Å². The van der Waals surface area contributed by atoms with E-state index in [9.17, 15) is 14.0 Å². The van der Waals surface area contributed by atoms with E-state index in [0.717, 1.165) is 6.42 Å². The average Bonchev–Trinajstić information content (AvgIpc) is 3.25. The minimum Gasteiger partial charge on any atom is -0.480 e. The summed E-state index contributed by atoms with van der Waals surface area (Å²) in [5.41, 5.74) is 6.76. The van der Waals surface area contributed by atoms with E-state index in [2.05, 4.69) is 25.7 Å². The van der Waals surface area contributed by atoms with Crippen molar-refractivity contribution in [1.82, 2.24) is 20.4 Å². The zero-order valence-electron chi connectivity index (χ0n) is 14.9. The highest BCUT2D eigenvalue weighted by Crippen LogP contribution is 2.26. The number of anilines is 1. The van der Waals surface area contributed by atoms with E-state index in [4.69, 9.17) is 10.8 Å². The van der Waals surface area contributed by atoms with Crippen LogP contribution in [0.3, 0.4) is 0 Å². The second-order valence-electron chi connectivity index (χ2n) is 6.36. The number of carboxylic acids is 1. The number of nitrogens with two attached hydrogens (primary N) is 1. The Morgan fingerprint density at radius 2 is 2.25 bits per heavy atom. The van der Waals surface area contributed by atoms with Crippen LogP contribution < -0.4 is 11.1 Å². The number of nitrogens with one attached hydrogen (secondary N) is 2. The topological polar surface area (TPSA) is 149 Å². The third kappa shape index (κ3) is 4.68. The first-order valence-corrected chi connectivity index (χ1v) is 8.67. The van der Waals surface area contributed by atoms with Gasteiger partial charge in [0.2, 0.25) is 5.91 Å². The molecule has 0 aliphatic carbocycles. The third-order valence-electron chi connectivity index (χ3n) is 4.37. The Labute approximate surface area is 159 Å². The summed E-state index contributed by atoms with van der Waals surface area (Å²) in [5, 5.41) is 26.3. The number of rotatable bonds is 7. The second-order valence-corrected chi connectivity index (χ2v) is 6.36. The molecule has 2 aromatic rings. The molecule has 1 fully saturated rings. The van der Waals surface area contributed by atoms with Crippen LogP contribution in [-0.4, -0.2) is 51.2 Å². The van der Waals surface area contributed by atoms with Crippen molar-refractivity contribution in [3.05, 3.63) is 35.8 Å². The smallest absolute Gasteiger partial charge is 0.320 e. The van der Waals surface area contributed by atoms with E-state index in [0.29, 0.717) is 24.3 Å². The van der Waals surface area contributed by atoms with Gasteiger partial charge in [-0.3, -0.25) is 19.6 Å². The number of carbonyl (C=O) groups is 2. The number of hydrogen-bond acceptors (Lipinski definition) is 7. The van der Waals surface area contributed by atoms with Gasteiger partial charge in [0.1, 0.15) is 11.9 Å². The number of aromatic nitrogens is 2. The molecule has 1 saturated heterocycles. The van der Waals surface area contributed by atoms with Crippen LogP contribution in [0.2, 0.25) is 0 Å². The summed E-state index contributed by atoms with van der Waals surface area (Å²) in [7, 11) is 0. The average molecular weight is 389 g/mol. The zero-order chi connectivity index (χ0) is 20.1. The van der Waals surface area contributed by atoms with Crippen LogP contribution in [0.1, 0.15) is 18.5 Å². The molecule has 1 unspecified atom stereocenters. The molecule has 0 bridgehead atoms. The van der Waals surface area contributed by atoms with E-state index in [-0.39, 0.29) is 30.5 Å². The summed E-state index contributed by atoms with van der Waals surface area (Å²) in [5.74, 6) is -1.60. The van der Waals surface area contributed by atoms with Gasteiger partial charge >= 0.3 is 5.97 Å². The summed E-state index contributed by atoms with van der Waals surface area (Å²) in [6.45, 7) is 0.612. The standard InChI is InChI=1S/C17H20FN7O3/c18-10-3-1-4-11(7-10)21-23-15-12(22-24-16(15)19)8-20-14(26)9-25-6-2-5-13(25)17(27)28/h1,3-4,7,13H,2,5-6,8-9H2,(H,20,26)(H,27,28)(H3,19,22,24). The SMILES string of the molecule is Nc1n[nH]c(CNC(=O)CN2CCCC2C(=O)O)c1N=Nc1cccc(F)c1. The number of aromatic amines is 1. The molecule has 0 spiro atoms. The van der Waals surface area contributed by atoms with Crippen molar-refractivity contribution in [3.63, 3.8) is 0 Å². The van der Waals surface area contributed by atoms with E-state index >= 15 is 0 Å². The van der Waals surface area contributed by atoms with Gasteiger partial charge in [-0.05, 0) is 31.5 Å². The van der Waals surface area contributed by atoms with Crippen LogP contribution in [0, 0.1) is 5.82 Å². The minimum absolute atomic E-state index is 0.0132. The van der Waals surface area contributed by atoms with Crippen LogP contribution >= 0.6 is 0 Å². The predicted molar refractivity (Wildman–Crippen MR) is 97.7 cm³/mol. The highest BCUT2D eigenvalue weighted by molar-refractivity contribution is 5.80. The van der Waals surface area contributed by atoms with Crippen LogP contribution in [-0.2, 0) is 16.1 Å². The van der Waals surface area contributed by atoms with Crippen molar-refractivity contribution in [3.8, 4) is 0 Å². The number of H-pyrrole nitrogens is 1. The zero-order valence-corrected chi connectivity index (χ0v) is 14.9. The fraction of sp³-hybridized carbons (Fsp3) is 0.353. The van der Waals surface area contributed by atoms with Crippen molar-refractivity contribution in [2.24, 2.45) is 10.2 Å². The van der Waals surface area contributed by atoms with E-state index < -0.39 is 17.8 Å². The number of halogens is 1. The van der Waals surface area contributed by atoms with Crippen molar-refractivity contribution in [2.45, 2.75) is 25.4 Å². The molecule has 3 rings (SSSR count). The van der Waals surface area contributed by atoms with Crippen LogP contribution in [0.5, 0.6) is 0 Å². The van der Waals surface area contributed by atoms with Crippen molar-refractivity contribution in [1.29, 1.82) is 0 Å². The number of nitrogens with zero attached hydrogens (tertiary/aromatic N) is 4. The molecule has 11 heteroatoms. The first kappa shape index (κ1) is 19.4. The lowest BCUT2D eigenvalue weighted by Crippen LogP contribution is -2.42. The third-order valence-corrected chi connectivity index (χ3v) is 4.37. The number of hydrogen-bond donors (Lipinski definition) is 4. The van der Waals surface area contributed by atoms with Gasteiger partial charge in [0.25, 0.3) is 0 Å². The van der Waals surface area contributed by atoms with Gasteiger partial charge < -0.3 is 16.2 Å². The monoisotopic (exact) mass is 389 g/mol. The first-order valence-electron chi connectivity index (χ1n) is 8.67. The Hall–Kier alpha value is -3.34. The number of azo groups is 1. The number of carbonyl (C=O) groups excluding carboxylic acids is 1. The van der Waals surface area contributed by atoms with Crippen molar-refractivity contribution in [2.75, 3.05) is 18.8 Å². The normalized spacial score (nSPS) is 17.2. The summed E-state index contributed by atoms with van der Waals surface area (Å²) >= 11 is 0. The largest absolute Gasteiger partial charge is 0.480 e. The van der Waals surface area contributed by atoms with E-state index in [1.165, 1.54) is 18.2 Å². The minimum atomic E-state index is -0.924. The lowest BCUT2D eigenvalue weighted by atomic mass is 10.2. The molecule has 1 amide bonds.